The Hall–Kier alpha value is -1.59. The molecule has 3 heterocycles. The summed E-state index contributed by atoms with van der Waals surface area (Å²) in [6.45, 7) is 7.37. The number of nitrogens with zero attached hydrogens (tertiary/aromatic N) is 2. The van der Waals surface area contributed by atoms with Crippen molar-refractivity contribution in [3.63, 3.8) is 0 Å². The molecule has 4 rings (SSSR count). The Morgan fingerprint density at radius 1 is 1.14 bits per heavy atom. The van der Waals surface area contributed by atoms with E-state index in [-0.39, 0.29) is 23.1 Å². The molecule has 1 unspecified atom stereocenters. The molecule has 5 heteroatoms. The summed E-state index contributed by atoms with van der Waals surface area (Å²) in [7, 11) is 0. The lowest BCUT2D eigenvalue weighted by molar-refractivity contribution is 0.114. The van der Waals surface area contributed by atoms with E-state index in [9.17, 15) is 4.79 Å². The minimum Gasteiger partial charge on any atom is -0.380 e. The number of hydroxylamine groups is 2. The highest BCUT2D eigenvalue weighted by molar-refractivity contribution is 5.76. The fourth-order valence-electron chi connectivity index (χ4n) is 3.54. The molecule has 2 amide bonds. The highest BCUT2D eigenvalue weighted by atomic mass is 16.8. The van der Waals surface area contributed by atoms with E-state index >= 15 is 0 Å². The number of amides is 2. The van der Waals surface area contributed by atoms with Gasteiger partial charge in [0, 0.05) is 29.5 Å². The summed E-state index contributed by atoms with van der Waals surface area (Å²) in [5.41, 5.74) is 1.13. The molecular weight excluding hydrogens is 268 g/mol. The van der Waals surface area contributed by atoms with Crippen LogP contribution in [0.5, 0.6) is 0 Å². The molecule has 3 aliphatic heterocycles. The van der Waals surface area contributed by atoms with E-state index in [0.717, 1.165) is 31.9 Å². The lowest BCUT2D eigenvalue weighted by Gasteiger charge is -2.29. The first-order valence-electron chi connectivity index (χ1n) is 7.40. The van der Waals surface area contributed by atoms with Crippen molar-refractivity contribution < 1.29 is 14.4 Å². The summed E-state index contributed by atoms with van der Waals surface area (Å²) in [6, 6.07) is 9.81. The van der Waals surface area contributed by atoms with Gasteiger partial charge in [-0.25, -0.2) is 9.63 Å². The third kappa shape index (κ3) is 1.88. The number of urea groups is 1. The number of hydrogen-bond donors (Lipinski definition) is 0. The third-order valence-electron chi connectivity index (χ3n) is 5.30. The fraction of sp³-hybridized carbons (Fsp3) is 0.562. The van der Waals surface area contributed by atoms with Crippen molar-refractivity contribution in [3.05, 3.63) is 35.9 Å². The predicted octanol–water partition coefficient (Wildman–Crippen LogP) is 2.41. The second-order valence-electron chi connectivity index (χ2n) is 6.95. The van der Waals surface area contributed by atoms with Crippen molar-refractivity contribution in [2.45, 2.75) is 20.1 Å². The first-order valence-corrected chi connectivity index (χ1v) is 7.40. The molecule has 0 bridgehead atoms. The maximum atomic E-state index is 12.6. The van der Waals surface area contributed by atoms with Crippen LogP contribution in [0.2, 0.25) is 0 Å². The Morgan fingerprint density at radius 3 is 2.38 bits per heavy atom. The van der Waals surface area contributed by atoms with Gasteiger partial charge in [-0.15, -0.1) is 0 Å². The smallest absolute Gasteiger partial charge is 0.346 e. The molecule has 1 aromatic rings. The quantitative estimate of drug-likeness (QED) is 0.745. The molecule has 3 fully saturated rings. The molecule has 0 saturated carbocycles. The molecule has 3 aliphatic rings. The number of ether oxygens (including phenoxy) is 1. The topological polar surface area (TPSA) is 45.1 Å². The molecule has 0 spiro atoms. The standard InChI is InChI=1S/C16H20N2O3/c1-15-8-17(9-16(15,2)11-20-10-15)14(19)18-13(21-18)12-6-4-3-5-7-12/h3-7,13H,8-11H2,1-2H3/t13?,15-,16+,18?. The maximum absolute atomic E-state index is 12.6. The summed E-state index contributed by atoms with van der Waals surface area (Å²) >= 11 is 0. The molecule has 112 valence electrons. The van der Waals surface area contributed by atoms with Crippen LogP contribution in [-0.4, -0.2) is 42.3 Å². The summed E-state index contributed by atoms with van der Waals surface area (Å²) in [5, 5.41) is 1.48. The Morgan fingerprint density at radius 2 is 1.76 bits per heavy atom. The van der Waals surface area contributed by atoms with Gasteiger partial charge in [0.25, 0.3) is 0 Å². The molecule has 1 aromatic carbocycles. The third-order valence-corrected chi connectivity index (χ3v) is 5.30. The Kier molecular flexibility index (Phi) is 2.63. The van der Waals surface area contributed by atoms with Crippen LogP contribution >= 0.6 is 0 Å². The van der Waals surface area contributed by atoms with E-state index in [1.165, 1.54) is 5.06 Å². The number of fused-ring (bicyclic) bond motifs is 1. The maximum Gasteiger partial charge on any atom is 0.346 e. The number of benzene rings is 1. The minimum absolute atomic E-state index is 0.0271. The first kappa shape index (κ1) is 13.1. The fourth-order valence-corrected chi connectivity index (χ4v) is 3.54. The SMILES string of the molecule is C[C@@]12COC[C@]1(C)CN(C(=O)N1OC1c1ccccc1)C2. The van der Waals surface area contributed by atoms with Gasteiger partial charge in [0.2, 0.25) is 6.23 Å². The number of hydrogen-bond acceptors (Lipinski definition) is 3. The van der Waals surface area contributed by atoms with Crippen molar-refractivity contribution in [1.29, 1.82) is 0 Å². The Balaban J connectivity index is 1.46. The van der Waals surface area contributed by atoms with Gasteiger partial charge < -0.3 is 9.64 Å². The number of likely N-dealkylation sites (tertiary alicyclic amines) is 1. The van der Waals surface area contributed by atoms with Crippen LogP contribution in [0.4, 0.5) is 4.79 Å². The molecule has 21 heavy (non-hydrogen) atoms. The van der Waals surface area contributed by atoms with Crippen molar-refractivity contribution in [2.24, 2.45) is 10.8 Å². The van der Waals surface area contributed by atoms with E-state index in [0.29, 0.717) is 0 Å². The molecule has 3 atom stereocenters. The Bertz CT molecular complexity index is 560. The van der Waals surface area contributed by atoms with Crippen LogP contribution in [0.1, 0.15) is 25.6 Å². The Labute approximate surface area is 124 Å². The van der Waals surface area contributed by atoms with Gasteiger partial charge in [-0.3, -0.25) is 0 Å². The van der Waals surface area contributed by atoms with Crippen molar-refractivity contribution in [3.8, 4) is 0 Å². The van der Waals surface area contributed by atoms with Crippen molar-refractivity contribution >= 4 is 6.03 Å². The average Bonchev–Trinajstić information content (AvgIpc) is 3.15. The van der Waals surface area contributed by atoms with Crippen LogP contribution in [0.25, 0.3) is 0 Å². The average molecular weight is 288 g/mol. The monoisotopic (exact) mass is 288 g/mol. The van der Waals surface area contributed by atoms with Crippen LogP contribution in [-0.2, 0) is 9.57 Å². The lowest BCUT2D eigenvalue weighted by Crippen LogP contribution is -2.35. The zero-order valence-corrected chi connectivity index (χ0v) is 12.4. The van der Waals surface area contributed by atoms with E-state index in [2.05, 4.69) is 13.8 Å². The molecule has 0 N–H and O–H groups in total. The van der Waals surface area contributed by atoms with Crippen LogP contribution < -0.4 is 0 Å². The lowest BCUT2D eigenvalue weighted by atomic mass is 9.71. The van der Waals surface area contributed by atoms with Gasteiger partial charge in [-0.1, -0.05) is 44.2 Å². The van der Waals surface area contributed by atoms with E-state index in [1.807, 2.05) is 35.2 Å². The summed E-state index contributed by atoms with van der Waals surface area (Å²) in [4.78, 5) is 20.0. The highest BCUT2D eigenvalue weighted by Gasteiger charge is 2.59. The second kappa shape index (κ2) is 4.21. The van der Waals surface area contributed by atoms with Crippen LogP contribution in [0, 0.1) is 10.8 Å². The number of carbonyl (C=O) groups excluding carboxylic acids is 1. The van der Waals surface area contributed by atoms with Gasteiger partial charge in [0.1, 0.15) is 0 Å². The van der Waals surface area contributed by atoms with Gasteiger partial charge in [0.05, 0.1) is 13.2 Å². The van der Waals surface area contributed by atoms with E-state index in [4.69, 9.17) is 9.57 Å². The highest BCUT2D eigenvalue weighted by Crippen LogP contribution is 2.51. The van der Waals surface area contributed by atoms with Gasteiger partial charge >= 0.3 is 6.03 Å². The van der Waals surface area contributed by atoms with E-state index in [1.54, 1.807) is 0 Å². The molecule has 0 radical (unpaired) electrons. The molecule has 3 saturated heterocycles. The zero-order chi connectivity index (χ0) is 14.7. The first-order chi connectivity index (χ1) is 10.0. The van der Waals surface area contributed by atoms with Crippen molar-refractivity contribution in [2.75, 3.05) is 26.3 Å². The molecule has 0 aliphatic carbocycles. The van der Waals surface area contributed by atoms with E-state index < -0.39 is 0 Å². The van der Waals surface area contributed by atoms with Crippen molar-refractivity contribution in [1.82, 2.24) is 9.96 Å². The predicted molar refractivity (Wildman–Crippen MR) is 76.1 cm³/mol. The van der Waals surface area contributed by atoms with Crippen LogP contribution in [0.3, 0.4) is 0 Å². The summed E-state index contributed by atoms with van der Waals surface area (Å²) < 4.78 is 5.63. The normalized spacial score (nSPS) is 37.7. The minimum atomic E-state index is -0.226. The number of rotatable bonds is 1. The zero-order valence-electron chi connectivity index (χ0n) is 12.4. The molecule has 0 aromatic heterocycles. The molecule has 5 nitrogen and oxygen atoms in total. The van der Waals surface area contributed by atoms with Gasteiger partial charge in [-0.2, -0.15) is 5.06 Å². The molecular formula is C16H20N2O3. The largest absolute Gasteiger partial charge is 0.380 e. The summed E-state index contributed by atoms with van der Waals surface area (Å²) in [6.07, 6.45) is -0.226. The van der Waals surface area contributed by atoms with Gasteiger partial charge in [0.15, 0.2) is 0 Å². The second-order valence-corrected chi connectivity index (χ2v) is 6.95. The van der Waals surface area contributed by atoms with Crippen LogP contribution in [0.15, 0.2) is 30.3 Å². The number of carbonyl (C=O) groups is 1. The summed E-state index contributed by atoms with van der Waals surface area (Å²) in [5.74, 6) is 0. The van der Waals surface area contributed by atoms with Gasteiger partial charge in [-0.05, 0) is 0 Å².